The highest BCUT2D eigenvalue weighted by Gasteiger charge is 2.44. The van der Waals surface area contributed by atoms with Gasteiger partial charge >= 0.3 is 0 Å². The molecule has 1 atom stereocenters. The third-order valence-electron chi connectivity index (χ3n) is 6.05. The van der Waals surface area contributed by atoms with Gasteiger partial charge in [0.05, 0.1) is 16.9 Å². The fourth-order valence-corrected chi connectivity index (χ4v) is 4.81. The molecule has 30 heavy (non-hydrogen) atoms. The third-order valence-corrected chi connectivity index (χ3v) is 6.05. The number of aromatic amines is 1. The lowest BCUT2D eigenvalue weighted by molar-refractivity contribution is 0.0640. The van der Waals surface area contributed by atoms with Crippen LogP contribution in [0, 0.1) is 11.6 Å². The second-order valence-electron chi connectivity index (χ2n) is 7.67. The van der Waals surface area contributed by atoms with Crippen molar-refractivity contribution in [2.24, 2.45) is 0 Å². The molecule has 4 nitrogen and oxygen atoms in total. The Morgan fingerprint density at radius 2 is 1.80 bits per heavy atom. The van der Waals surface area contributed by atoms with E-state index in [1.165, 1.54) is 24.3 Å². The van der Waals surface area contributed by atoms with Gasteiger partial charge in [0.15, 0.2) is 6.17 Å². The lowest BCUT2D eigenvalue weighted by Gasteiger charge is -2.47. The van der Waals surface area contributed by atoms with Gasteiger partial charge < -0.3 is 14.8 Å². The van der Waals surface area contributed by atoms with Crippen molar-refractivity contribution < 1.29 is 13.6 Å². The van der Waals surface area contributed by atoms with Crippen LogP contribution in [0.4, 0.5) is 20.2 Å². The number of hydrogen-bond acceptors (Lipinski definition) is 2. The number of benzene rings is 3. The minimum atomic E-state index is -0.583. The molecular weight excluding hydrogens is 384 g/mol. The molecule has 2 aliphatic heterocycles. The molecule has 148 valence electrons. The number of para-hydroxylation sites is 2. The maximum absolute atomic E-state index is 15.1. The van der Waals surface area contributed by atoms with Gasteiger partial charge in [0.25, 0.3) is 5.91 Å². The van der Waals surface area contributed by atoms with Gasteiger partial charge in [-0.05, 0) is 48.4 Å². The number of halogens is 2. The predicted molar refractivity (Wildman–Crippen MR) is 111 cm³/mol. The summed E-state index contributed by atoms with van der Waals surface area (Å²) in [5.41, 5.74) is 3.89. The molecule has 1 aromatic heterocycles. The highest BCUT2D eigenvalue weighted by Crippen LogP contribution is 2.48. The maximum Gasteiger partial charge on any atom is 0.258 e. The lowest BCUT2D eigenvalue weighted by Crippen LogP contribution is -2.51. The molecule has 1 unspecified atom stereocenters. The van der Waals surface area contributed by atoms with Gasteiger partial charge in [-0.25, -0.2) is 8.78 Å². The lowest BCUT2D eigenvalue weighted by atomic mass is 9.95. The summed E-state index contributed by atoms with van der Waals surface area (Å²) in [4.78, 5) is 20.2. The van der Waals surface area contributed by atoms with Gasteiger partial charge in [-0.3, -0.25) is 4.79 Å². The Kier molecular flexibility index (Phi) is 3.53. The number of amides is 1. The van der Waals surface area contributed by atoms with E-state index >= 15 is 4.39 Å². The average Bonchev–Trinajstić information content (AvgIpc) is 3.13. The number of carbonyl (C=O) groups is 1. The summed E-state index contributed by atoms with van der Waals surface area (Å²) in [6, 6.07) is 18.5. The molecule has 2 aliphatic rings. The van der Waals surface area contributed by atoms with Crippen LogP contribution in [0.1, 0.15) is 27.8 Å². The first-order valence-corrected chi connectivity index (χ1v) is 9.87. The van der Waals surface area contributed by atoms with E-state index in [0.717, 1.165) is 22.2 Å². The minimum Gasteiger partial charge on any atom is -0.355 e. The third kappa shape index (κ3) is 2.27. The van der Waals surface area contributed by atoms with E-state index in [9.17, 15) is 9.18 Å². The van der Waals surface area contributed by atoms with E-state index in [1.807, 2.05) is 24.3 Å². The molecule has 3 aromatic carbocycles. The van der Waals surface area contributed by atoms with Crippen LogP contribution in [-0.4, -0.2) is 22.3 Å². The second kappa shape index (κ2) is 6.16. The van der Waals surface area contributed by atoms with Crippen LogP contribution in [0.25, 0.3) is 10.9 Å². The van der Waals surface area contributed by atoms with Crippen LogP contribution < -0.4 is 4.90 Å². The molecule has 0 bridgehead atoms. The van der Waals surface area contributed by atoms with E-state index in [0.29, 0.717) is 18.7 Å². The van der Waals surface area contributed by atoms with Gasteiger partial charge in [0.2, 0.25) is 0 Å². The number of fused-ring (bicyclic) bond motifs is 6. The first-order valence-electron chi connectivity index (χ1n) is 9.87. The molecule has 0 radical (unpaired) electrons. The Balaban J connectivity index is 1.67. The SMILES string of the molecule is O=C1c2cccc(F)c2N(c2cccc(F)c2)C2c3[nH]c4ccccc4c3CCN12. The van der Waals surface area contributed by atoms with Gasteiger partial charge in [0.1, 0.15) is 11.6 Å². The van der Waals surface area contributed by atoms with Crippen molar-refractivity contribution >= 4 is 28.2 Å². The Bertz CT molecular complexity index is 1330. The molecule has 0 spiro atoms. The van der Waals surface area contributed by atoms with Gasteiger partial charge in [-0.15, -0.1) is 0 Å². The molecule has 1 N–H and O–H groups in total. The van der Waals surface area contributed by atoms with Crippen LogP contribution in [0.2, 0.25) is 0 Å². The summed E-state index contributed by atoms with van der Waals surface area (Å²) < 4.78 is 29.3. The topological polar surface area (TPSA) is 39.3 Å². The normalized spacial score (nSPS) is 17.7. The molecular formula is C24H17F2N3O. The average molecular weight is 401 g/mol. The van der Waals surface area contributed by atoms with Crippen molar-refractivity contribution in [1.82, 2.24) is 9.88 Å². The molecule has 0 saturated carbocycles. The number of nitrogens with one attached hydrogen (secondary N) is 1. The van der Waals surface area contributed by atoms with E-state index < -0.39 is 17.8 Å². The van der Waals surface area contributed by atoms with Crippen molar-refractivity contribution in [3.8, 4) is 0 Å². The van der Waals surface area contributed by atoms with Crippen molar-refractivity contribution in [2.75, 3.05) is 11.4 Å². The second-order valence-corrected chi connectivity index (χ2v) is 7.67. The molecule has 0 aliphatic carbocycles. The number of carbonyl (C=O) groups excluding carboxylic acids is 1. The van der Waals surface area contributed by atoms with E-state index in [4.69, 9.17) is 0 Å². The Morgan fingerprint density at radius 3 is 2.67 bits per heavy atom. The summed E-state index contributed by atoms with van der Waals surface area (Å²) in [6.45, 7) is 0.500. The summed E-state index contributed by atoms with van der Waals surface area (Å²) in [7, 11) is 0. The number of hydrogen-bond donors (Lipinski definition) is 1. The van der Waals surface area contributed by atoms with E-state index in [2.05, 4.69) is 4.98 Å². The Hall–Kier alpha value is -3.67. The van der Waals surface area contributed by atoms with Gasteiger partial charge in [-0.2, -0.15) is 0 Å². The Morgan fingerprint density at radius 1 is 0.967 bits per heavy atom. The van der Waals surface area contributed by atoms with Crippen molar-refractivity contribution in [3.05, 3.63) is 95.2 Å². The van der Waals surface area contributed by atoms with Crippen molar-refractivity contribution in [3.63, 3.8) is 0 Å². The highest BCUT2D eigenvalue weighted by molar-refractivity contribution is 6.04. The zero-order chi connectivity index (χ0) is 20.4. The number of anilines is 2. The molecule has 6 heteroatoms. The van der Waals surface area contributed by atoms with Crippen LogP contribution in [-0.2, 0) is 6.42 Å². The monoisotopic (exact) mass is 401 g/mol. The standard InChI is InChI=1S/C24H17F2N3O/c25-14-5-3-6-15(13-14)29-22-18(8-4-9-19(22)26)24(30)28-12-11-17-16-7-1-2-10-20(16)27-21(17)23(28)29/h1-10,13,23,27H,11-12H2. The fourth-order valence-electron chi connectivity index (χ4n) is 4.81. The van der Waals surface area contributed by atoms with Crippen LogP contribution in [0.15, 0.2) is 66.7 Å². The summed E-state index contributed by atoms with van der Waals surface area (Å²) >= 11 is 0. The maximum atomic E-state index is 15.1. The smallest absolute Gasteiger partial charge is 0.258 e. The summed E-state index contributed by atoms with van der Waals surface area (Å²) in [5.74, 6) is -1.14. The first kappa shape index (κ1) is 17.2. The predicted octanol–water partition coefficient (Wildman–Crippen LogP) is 5.29. The molecule has 6 rings (SSSR count). The first-order chi connectivity index (χ1) is 14.6. The number of nitrogens with zero attached hydrogens (tertiary/aromatic N) is 2. The van der Waals surface area contributed by atoms with Crippen LogP contribution >= 0.6 is 0 Å². The van der Waals surface area contributed by atoms with Crippen LogP contribution in [0.3, 0.4) is 0 Å². The summed E-state index contributed by atoms with van der Waals surface area (Å²) in [5, 5.41) is 1.10. The largest absolute Gasteiger partial charge is 0.355 e. The van der Waals surface area contributed by atoms with Gasteiger partial charge in [0, 0.05) is 23.1 Å². The van der Waals surface area contributed by atoms with Crippen LogP contribution in [0.5, 0.6) is 0 Å². The number of aromatic nitrogens is 1. The minimum absolute atomic E-state index is 0.181. The number of H-pyrrole nitrogens is 1. The Labute approximate surface area is 171 Å². The molecule has 1 amide bonds. The summed E-state index contributed by atoms with van der Waals surface area (Å²) in [6.07, 6.45) is 0.114. The molecule has 0 fully saturated rings. The zero-order valence-electron chi connectivity index (χ0n) is 15.9. The van der Waals surface area contributed by atoms with E-state index in [1.54, 1.807) is 28.0 Å². The van der Waals surface area contributed by atoms with Gasteiger partial charge in [-0.1, -0.05) is 30.3 Å². The number of rotatable bonds is 1. The zero-order valence-corrected chi connectivity index (χ0v) is 15.9. The molecule has 4 aromatic rings. The molecule has 0 saturated heterocycles. The van der Waals surface area contributed by atoms with Crippen molar-refractivity contribution in [1.29, 1.82) is 0 Å². The molecule has 3 heterocycles. The quantitative estimate of drug-likeness (QED) is 0.470. The van der Waals surface area contributed by atoms with Crippen molar-refractivity contribution in [2.45, 2.75) is 12.6 Å². The fraction of sp³-hybridized carbons (Fsp3) is 0.125. The highest BCUT2D eigenvalue weighted by atomic mass is 19.1. The van der Waals surface area contributed by atoms with E-state index in [-0.39, 0.29) is 17.2 Å².